The highest BCUT2D eigenvalue weighted by molar-refractivity contribution is 14.1. The molecule has 1 N–H and O–H groups in total. The van der Waals surface area contributed by atoms with Crippen molar-refractivity contribution in [2.45, 2.75) is 0 Å². The second-order valence-corrected chi connectivity index (χ2v) is 5.83. The van der Waals surface area contributed by atoms with Crippen molar-refractivity contribution in [3.8, 4) is 0 Å². The first-order valence-electron chi connectivity index (χ1n) is 5.34. The van der Waals surface area contributed by atoms with E-state index in [4.69, 9.17) is 0 Å². The number of rotatable bonds is 3. The molecule has 2 rings (SSSR count). The van der Waals surface area contributed by atoms with E-state index in [1.807, 2.05) is 24.3 Å². The van der Waals surface area contributed by atoms with Gasteiger partial charge in [-0.3, -0.25) is 9.48 Å². The van der Waals surface area contributed by atoms with Gasteiger partial charge in [-0.15, -0.1) is 0 Å². The molecule has 1 aromatic carbocycles. The van der Waals surface area contributed by atoms with Gasteiger partial charge in [-0.2, -0.15) is 10.2 Å². The summed E-state index contributed by atoms with van der Waals surface area (Å²) in [4.78, 5) is 11.8. The number of carbonyl (C=O) groups excluding carboxylic acids is 1. The lowest BCUT2D eigenvalue weighted by molar-refractivity contribution is 0.0948. The molecule has 0 saturated carbocycles. The molecule has 1 amide bonds. The molecular weight excluding hydrogens is 423 g/mol. The third kappa shape index (κ3) is 3.87. The maximum Gasteiger partial charge on any atom is 0.292 e. The molecule has 0 aliphatic rings. The van der Waals surface area contributed by atoms with Gasteiger partial charge in [0.2, 0.25) is 0 Å². The number of nitrogens with zero attached hydrogens (tertiary/aromatic N) is 3. The van der Waals surface area contributed by atoms with Gasteiger partial charge in [-0.05, 0) is 40.3 Å². The van der Waals surface area contributed by atoms with Crippen molar-refractivity contribution in [2.24, 2.45) is 12.1 Å². The fraction of sp³-hybridized carbons (Fsp3) is 0.0833. The number of hydrogen-bond donors (Lipinski definition) is 1. The number of halogens is 2. The van der Waals surface area contributed by atoms with E-state index in [0.29, 0.717) is 5.69 Å². The fourth-order valence-electron chi connectivity index (χ4n) is 1.38. The van der Waals surface area contributed by atoms with E-state index >= 15 is 0 Å². The fourth-order valence-corrected chi connectivity index (χ4v) is 2.40. The van der Waals surface area contributed by atoms with Crippen LogP contribution in [-0.2, 0) is 7.05 Å². The first kappa shape index (κ1) is 14.2. The van der Waals surface area contributed by atoms with Crippen LogP contribution < -0.4 is 5.43 Å². The number of benzene rings is 1. The van der Waals surface area contributed by atoms with E-state index < -0.39 is 0 Å². The van der Waals surface area contributed by atoms with Gasteiger partial charge >= 0.3 is 0 Å². The Kier molecular flexibility index (Phi) is 4.70. The van der Waals surface area contributed by atoms with E-state index in [0.717, 1.165) is 13.6 Å². The zero-order valence-electron chi connectivity index (χ0n) is 9.97. The lowest BCUT2D eigenvalue weighted by Crippen LogP contribution is -2.19. The summed E-state index contributed by atoms with van der Waals surface area (Å²) >= 11 is 5.41. The molecule has 0 atom stereocenters. The zero-order chi connectivity index (χ0) is 13.8. The Hall–Kier alpha value is -1.22. The number of carbonyl (C=O) groups is 1. The first-order chi connectivity index (χ1) is 9.06. The topological polar surface area (TPSA) is 59.3 Å². The summed E-state index contributed by atoms with van der Waals surface area (Å²) < 4.78 is 3.38. The highest BCUT2D eigenvalue weighted by Gasteiger charge is 2.13. The van der Waals surface area contributed by atoms with Gasteiger partial charge in [0.15, 0.2) is 5.69 Å². The SMILES string of the molecule is Cn1cc(I)c(C(=O)N/N=C/c2ccc(Br)cc2)n1. The Bertz CT molecular complexity index is 621. The Balaban J connectivity index is 2.00. The van der Waals surface area contributed by atoms with E-state index in [2.05, 4.69) is 54.1 Å². The molecule has 0 saturated heterocycles. The molecule has 1 aromatic heterocycles. The molecule has 5 nitrogen and oxygen atoms in total. The van der Waals surface area contributed by atoms with Crippen molar-refractivity contribution in [1.29, 1.82) is 0 Å². The van der Waals surface area contributed by atoms with Crippen molar-refractivity contribution in [2.75, 3.05) is 0 Å². The van der Waals surface area contributed by atoms with Gasteiger partial charge in [0, 0.05) is 17.7 Å². The highest BCUT2D eigenvalue weighted by Crippen LogP contribution is 2.10. The molecule has 0 radical (unpaired) electrons. The number of nitrogens with one attached hydrogen (secondary N) is 1. The maximum atomic E-state index is 11.8. The van der Waals surface area contributed by atoms with Crippen molar-refractivity contribution >= 4 is 50.6 Å². The van der Waals surface area contributed by atoms with Crippen LogP contribution in [0.15, 0.2) is 40.0 Å². The van der Waals surface area contributed by atoms with E-state index in [-0.39, 0.29) is 5.91 Å². The lowest BCUT2D eigenvalue weighted by atomic mass is 10.2. The molecule has 0 unspecified atom stereocenters. The van der Waals surface area contributed by atoms with Crippen molar-refractivity contribution in [1.82, 2.24) is 15.2 Å². The molecule has 0 fully saturated rings. The summed E-state index contributed by atoms with van der Waals surface area (Å²) in [6, 6.07) is 7.60. The van der Waals surface area contributed by atoms with Gasteiger partial charge in [-0.25, -0.2) is 5.43 Å². The smallest absolute Gasteiger partial charge is 0.274 e. The summed E-state index contributed by atoms with van der Waals surface area (Å²) in [5, 5.41) is 7.97. The molecular formula is C12H10BrIN4O. The molecule has 7 heteroatoms. The van der Waals surface area contributed by atoms with Crippen LogP contribution in [-0.4, -0.2) is 21.9 Å². The Morgan fingerprint density at radius 2 is 2.16 bits per heavy atom. The number of aryl methyl sites for hydroxylation is 1. The number of aromatic nitrogens is 2. The molecule has 1 heterocycles. The summed E-state index contributed by atoms with van der Waals surface area (Å²) in [6.07, 6.45) is 3.36. The zero-order valence-corrected chi connectivity index (χ0v) is 13.7. The lowest BCUT2D eigenvalue weighted by Gasteiger charge is -1.97. The minimum atomic E-state index is -0.321. The van der Waals surface area contributed by atoms with Crippen LogP contribution in [0.3, 0.4) is 0 Å². The quantitative estimate of drug-likeness (QED) is 0.460. The largest absolute Gasteiger partial charge is 0.292 e. The van der Waals surface area contributed by atoms with Crippen LogP contribution in [0.25, 0.3) is 0 Å². The second-order valence-electron chi connectivity index (χ2n) is 3.75. The second kappa shape index (κ2) is 6.29. The van der Waals surface area contributed by atoms with Gasteiger partial charge in [0.25, 0.3) is 5.91 Å². The number of hydrogen-bond acceptors (Lipinski definition) is 3. The monoisotopic (exact) mass is 432 g/mol. The summed E-state index contributed by atoms with van der Waals surface area (Å²) in [7, 11) is 1.77. The molecule has 0 bridgehead atoms. The van der Waals surface area contributed by atoms with E-state index in [9.17, 15) is 4.79 Å². The van der Waals surface area contributed by atoms with Crippen molar-refractivity contribution in [3.63, 3.8) is 0 Å². The van der Waals surface area contributed by atoms with Gasteiger partial charge in [0.1, 0.15) is 0 Å². The molecule has 98 valence electrons. The number of amides is 1. The van der Waals surface area contributed by atoms with Gasteiger partial charge in [0.05, 0.1) is 9.78 Å². The van der Waals surface area contributed by atoms with Crippen LogP contribution in [0.1, 0.15) is 16.1 Å². The van der Waals surface area contributed by atoms with Crippen LogP contribution >= 0.6 is 38.5 Å². The Morgan fingerprint density at radius 3 is 2.74 bits per heavy atom. The third-order valence-corrected chi connectivity index (χ3v) is 3.57. The van der Waals surface area contributed by atoms with Crippen LogP contribution in [0.2, 0.25) is 0 Å². The minimum absolute atomic E-state index is 0.321. The predicted octanol–water partition coefficient (Wildman–Crippen LogP) is 2.55. The summed E-state index contributed by atoms with van der Waals surface area (Å²) in [5.74, 6) is -0.321. The van der Waals surface area contributed by atoms with Crippen LogP contribution in [0, 0.1) is 3.57 Å². The van der Waals surface area contributed by atoms with Gasteiger partial charge < -0.3 is 0 Å². The van der Waals surface area contributed by atoms with Crippen LogP contribution in [0.4, 0.5) is 0 Å². The van der Waals surface area contributed by atoms with Crippen molar-refractivity contribution in [3.05, 3.63) is 49.8 Å². The first-order valence-corrected chi connectivity index (χ1v) is 7.21. The Labute approximate surface area is 132 Å². The van der Waals surface area contributed by atoms with Gasteiger partial charge in [-0.1, -0.05) is 28.1 Å². The Morgan fingerprint density at radius 1 is 1.47 bits per heavy atom. The molecule has 0 aliphatic carbocycles. The standard InChI is InChI=1S/C12H10BrIN4O/c1-18-7-10(14)11(17-18)12(19)16-15-6-8-2-4-9(13)5-3-8/h2-7H,1H3,(H,16,19)/b15-6+. The van der Waals surface area contributed by atoms with E-state index in [1.54, 1.807) is 24.1 Å². The molecule has 0 spiro atoms. The maximum absolute atomic E-state index is 11.8. The van der Waals surface area contributed by atoms with E-state index in [1.165, 1.54) is 0 Å². The number of hydrazone groups is 1. The summed E-state index contributed by atoms with van der Waals surface area (Å²) in [6.45, 7) is 0. The summed E-state index contributed by atoms with van der Waals surface area (Å²) in [5.41, 5.74) is 3.73. The predicted molar refractivity (Wildman–Crippen MR) is 85.1 cm³/mol. The average Bonchev–Trinajstić information content (AvgIpc) is 2.71. The molecule has 2 aromatic rings. The van der Waals surface area contributed by atoms with Crippen LogP contribution in [0.5, 0.6) is 0 Å². The average molecular weight is 433 g/mol. The molecule has 19 heavy (non-hydrogen) atoms. The van der Waals surface area contributed by atoms with Crippen molar-refractivity contribution < 1.29 is 4.79 Å². The highest BCUT2D eigenvalue weighted by atomic mass is 127. The molecule has 0 aliphatic heterocycles. The minimum Gasteiger partial charge on any atom is -0.274 e. The third-order valence-electron chi connectivity index (χ3n) is 2.25. The normalized spacial score (nSPS) is 10.9.